The van der Waals surface area contributed by atoms with Crippen LogP contribution in [0, 0.1) is 5.92 Å². The molecule has 1 atom stereocenters. The van der Waals surface area contributed by atoms with Crippen molar-refractivity contribution in [2.45, 2.75) is 355 Å². The fraction of sp³-hybridized carbons (Fsp3) is 0.951. The molecule has 0 rings (SSSR count). The number of hydrogen-bond donors (Lipinski definition) is 0. The van der Waals surface area contributed by atoms with E-state index in [0.29, 0.717) is 19.3 Å². The summed E-state index contributed by atoms with van der Waals surface area (Å²) in [6.07, 6.45) is 61.0. The van der Waals surface area contributed by atoms with Crippen LogP contribution in [0.25, 0.3) is 0 Å². The quantitative estimate of drug-likeness (QED) is 0.0343. The van der Waals surface area contributed by atoms with Crippen LogP contribution in [0.5, 0.6) is 0 Å². The number of rotatable bonds is 56. The molecule has 0 saturated carbocycles. The second kappa shape index (κ2) is 55.3. The molecule has 0 heterocycles. The highest BCUT2D eigenvalue weighted by atomic mass is 16.6. The first kappa shape index (κ1) is 65.4. The summed E-state index contributed by atoms with van der Waals surface area (Å²) in [6, 6.07) is 0. The van der Waals surface area contributed by atoms with Crippen molar-refractivity contribution < 1.29 is 28.6 Å². The zero-order chi connectivity index (χ0) is 48.8. The first-order valence-electron chi connectivity index (χ1n) is 30.4. The maximum absolute atomic E-state index is 12.9. The summed E-state index contributed by atoms with van der Waals surface area (Å²) in [6.45, 7) is 9.07. The number of esters is 3. The van der Waals surface area contributed by atoms with Gasteiger partial charge in [-0.05, 0) is 25.2 Å². The third-order valence-corrected chi connectivity index (χ3v) is 14.0. The highest BCUT2D eigenvalue weighted by molar-refractivity contribution is 5.71. The van der Waals surface area contributed by atoms with Gasteiger partial charge in [-0.2, -0.15) is 0 Å². The Balaban J connectivity index is 4.27. The Labute approximate surface area is 418 Å². The zero-order valence-corrected chi connectivity index (χ0v) is 45.9. The molecular weight excluding hydrogens is 829 g/mol. The minimum Gasteiger partial charge on any atom is -0.462 e. The summed E-state index contributed by atoms with van der Waals surface area (Å²) in [5, 5.41) is 0. The largest absolute Gasteiger partial charge is 0.462 e. The molecule has 0 aliphatic carbocycles. The third-order valence-electron chi connectivity index (χ3n) is 14.0. The third kappa shape index (κ3) is 55.2. The van der Waals surface area contributed by atoms with E-state index in [9.17, 15) is 14.4 Å². The molecule has 0 aliphatic heterocycles. The van der Waals surface area contributed by atoms with Crippen molar-refractivity contribution in [1.29, 1.82) is 0 Å². The molecular formula is C61H118O6. The van der Waals surface area contributed by atoms with E-state index in [-0.39, 0.29) is 31.1 Å². The van der Waals surface area contributed by atoms with Crippen LogP contribution >= 0.6 is 0 Å². The fourth-order valence-electron chi connectivity index (χ4n) is 9.46. The summed E-state index contributed by atoms with van der Waals surface area (Å²) in [4.78, 5) is 38.2. The van der Waals surface area contributed by atoms with Crippen molar-refractivity contribution in [2.24, 2.45) is 5.92 Å². The fourth-order valence-corrected chi connectivity index (χ4v) is 9.46. The van der Waals surface area contributed by atoms with Gasteiger partial charge in [-0.1, -0.05) is 310 Å². The summed E-state index contributed by atoms with van der Waals surface area (Å²) < 4.78 is 16.9. The summed E-state index contributed by atoms with van der Waals surface area (Å²) in [5.41, 5.74) is 0. The van der Waals surface area contributed by atoms with E-state index in [1.54, 1.807) is 0 Å². The van der Waals surface area contributed by atoms with Crippen LogP contribution in [-0.2, 0) is 28.6 Å². The van der Waals surface area contributed by atoms with E-state index in [2.05, 4.69) is 27.7 Å². The molecule has 6 heteroatoms. The van der Waals surface area contributed by atoms with Crippen molar-refractivity contribution in [3.63, 3.8) is 0 Å². The summed E-state index contributed by atoms with van der Waals surface area (Å²) in [7, 11) is 0. The minimum atomic E-state index is -0.762. The number of carbonyl (C=O) groups excluding carboxylic acids is 3. The second-order valence-electron chi connectivity index (χ2n) is 21.5. The lowest BCUT2D eigenvalue weighted by Gasteiger charge is -2.18. The Morgan fingerprint density at radius 3 is 0.731 bits per heavy atom. The standard InChI is InChI=1S/C61H118O6/c1-5-7-9-11-13-15-17-19-21-22-23-24-25-29-32-36-40-44-48-52-59(62)65-55-58(67-61(64)54-50-46-42-38-34-28-20-18-16-14-12-10-8-6-2)56-66-60(63)53-49-45-41-37-33-30-26-27-31-35-39-43-47-51-57(3)4/h57-58H,5-56H2,1-4H3/t58-/m1/s1. The van der Waals surface area contributed by atoms with Crippen LogP contribution < -0.4 is 0 Å². The van der Waals surface area contributed by atoms with E-state index in [4.69, 9.17) is 14.2 Å². The molecule has 0 amide bonds. The van der Waals surface area contributed by atoms with Crippen LogP contribution in [0.1, 0.15) is 349 Å². The topological polar surface area (TPSA) is 78.9 Å². The van der Waals surface area contributed by atoms with Gasteiger partial charge in [-0.3, -0.25) is 14.4 Å². The molecule has 0 aromatic heterocycles. The number of ether oxygens (including phenoxy) is 3. The Bertz CT molecular complexity index is 1010. The lowest BCUT2D eigenvalue weighted by Crippen LogP contribution is -2.30. The predicted octanol–water partition coefficient (Wildman–Crippen LogP) is 20.2. The molecule has 0 radical (unpaired) electrons. The second-order valence-corrected chi connectivity index (χ2v) is 21.5. The highest BCUT2D eigenvalue weighted by Gasteiger charge is 2.19. The van der Waals surface area contributed by atoms with E-state index < -0.39 is 6.10 Å². The van der Waals surface area contributed by atoms with Crippen LogP contribution in [0.15, 0.2) is 0 Å². The molecule has 0 unspecified atom stereocenters. The number of carbonyl (C=O) groups is 3. The van der Waals surface area contributed by atoms with Gasteiger partial charge < -0.3 is 14.2 Å². The molecule has 0 N–H and O–H groups in total. The van der Waals surface area contributed by atoms with Crippen LogP contribution in [0.4, 0.5) is 0 Å². The first-order valence-corrected chi connectivity index (χ1v) is 30.4. The van der Waals surface area contributed by atoms with Gasteiger partial charge in [0.25, 0.3) is 0 Å². The van der Waals surface area contributed by atoms with Gasteiger partial charge in [-0.15, -0.1) is 0 Å². The molecule has 6 nitrogen and oxygen atoms in total. The van der Waals surface area contributed by atoms with Crippen molar-refractivity contribution in [3.8, 4) is 0 Å². The molecule has 0 saturated heterocycles. The number of hydrogen-bond acceptors (Lipinski definition) is 6. The van der Waals surface area contributed by atoms with Crippen LogP contribution in [0.3, 0.4) is 0 Å². The van der Waals surface area contributed by atoms with Crippen molar-refractivity contribution in [3.05, 3.63) is 0 Å². The lowest BCUT2D eigenvalue weighted by atomic mass is 10.0. The lowest BCUT2D eigenvalue weighted by molar-refractivity contribution is -0.167. The van der Waals surface area contributed by atoms with E-state index in [0.717, 1.165) is 63.7 Å². The first-order chi connectivity index (χ1) is 32.9. The normalized spacial score (nSPS) is 12.0. The molecule has 0 aromatic carbocycles. The molecule has 67 heavy (non-hydrogen) atoms. The maximum atomic E-state index is 12.9. The monoisotopic (exact) mass is 947 g/mol. The maximum Gasteiger partial charge on any atom is 0.306 e. The van der Waals surface area contributed by atoms with Gasteiger partial charge in [0.2, 0.25) is 0 Å². The van der Waals surface area contributed by atoms with Crippen LogP contribution in [0.2, 0.25) is 0 Å². The van der Waals surface area contributed by atoms with Gasteiger partial charge in [0, 0.05) is 19.3 Å². The highest BCUT2D eigenvalue weighted by Crippen LogP contribution is 2.18. The van der Waals surface area contributed by atoms with Gasteiger partial charge in [0.05, 0.1) is 0 Å². The number of unbranched alkanes of at least 4 members (excludes halogenated alkanes) is 43. The van der Waals surface area contributed by atoms with E-state index in [1.807, 2.05) is 0 Å². The van der Waals surface area contributed by atoms with Crippen molar-refractivity contribution >= 4 is 17.9 Å². The van der Waals surface area contributed by atoms with Gasteiger partial charge in [0.15, 0.2) is 6.10 Å². The molecule has 0 aromatic rings. The Hall–Kier alpha value is -1.59. The smallest absolute Gasteiger partial charge is 0.306 e. The molecule has 0 aliphatic rings. The van der Waals surface area contributed by atoms with Crippen LogP contribution in [-0.4, -0.2) is 37.2 Å². The zero-order valence-electron chi connectivity index (χ0n) is 45.9. The van der Waals surface area contributed by atoms with Gasteiger partial charge in [0.1, 0.15) is 13.2 Å². The summed E-state index contributed by atoms with van der Waals surface area (Å²) >= 11 is 0. The Morgan fingerprint density at radius 2 is 0.493 bits per heavy atom. The minimum absolute atomic E-state index is 0.0615. The molecule has 398 valence electrons. The van der Waals surface area contributed by atoms with Gasteiger partial charge >= 0.3 is 17.9 Å². The van der Waals surface area contributed by atoms with Gasteiger partial charge in [-0.25, -0.2) is 0 Å². The molecule has 0 spiro atoms. The molecule has 0 fully saturated rings. The molecule has 0 bridgehead atoms. The van der Waals surface area contributed by atoms with E-state index >= 15 is 0 Å². The van der Waals surface area contributed by atoms with Crippen molar-refractivity contribution in [2.75, 3.05) is 13.2 Å². The average molecular weight is 948 g/mol. The van der Waals surface area contributed by atoms with Crippen molar-refractivity contribution in [1.82, 2.24) is 0 Å². The summed E-state index contributed by atoms with van der Waals surface area (Å²) in [5.74, 6) is 0.00799. The SMILES string of the molecule is CCCCCCCCCCCCCCCCCCCCCC(=O)OC[C@H](COC(=O)CCCCCCCCCCCCCCCC(C)C)OC(=O)CCCCCCCCCCCCCCCC. The Kier molecular flexibility index (Phi) is 54.0. The average Bonchev–Trinajstić information content (AvgIpc) is 3.31. The van der Waals surface area contributed by atoms with E-state index in [1.165, 1.54) is 244 Å². The predicted molar refractivity (Wildman–Crippen MR) is 289 cm³/mol. The Morgan fingerprint density at radius 1 is 0.284 bits per heavy atom.